The lowest BCUT2D eigenvalue weighted by Gasteiger charge is -2.07. The van der Waals surface area contributed by atoms with E-state index in [9.17, 15) is 8.78 Å². The first-order valence-corrected chi connectivity index (χ1v) is 6.81. The molecule has 0 bridgehead atoms. The molecule has 0 N–H and O–H groups in total. The average Bonchev–Trinajstić information content (AvgIpc) is 2.85. The number of hydrogen-bond acceptors (Lipinski definition) is 4. The zero-order valence-corrected chi connectivity index (χ0v) is 12.6. The van der Waals surface area contributed by atoms with E-state index in [1.165, 1.54) is 13.2 Å². The standard InChI is InChI=1S/C13H8Cl2F2N4O/c1-22-7-4-2-3-6-10(7)20-12(11(16)17)21(6)13-18-8(14)5-9(15)19-13/h2-5,11H,1H3. The van der Waals surface area contributed by atoms with E-state index in [2.05, 4.69) is 15.0 Å². The van der Waals surface area contributed by atoms with E-state index in [4.69, 9.17) is 27.9 Å². The number of nitrogens with zero attached hydrogens (tertiary/aromatic N) is 4. The third-order valence-electron chi connectivity index (χ3n) is 2.94. The van der Waals surface area contributed by atoms with Gasteiger partial charge in [-0.1, -0.05) is 29.3 Å². The summed E-state index contributed by atoms with van der Waals surface area (Å²) in [6.45, 7) is 0. The normalized spacial score (nSPS) is 11.4. The highest BCUT2D eigenvalue weighted by Gasteiger charge is 2.23. The second-order valence-corrected chi connectivity index (χ2v) is 5.02. The van der Waals surface area contributed by atoms with Crippen molar-refractivity contribution in [3.05, 3.63) is 40.4 Å². The molecule has 0 radical (unpaired) electrons. The van der Waals surface area contributed by atoms with Crippen LogP contribution in [0, 0.1) is 0 Å². The van der Waals surface area contributed by atoms with Gasteiger partial charge in [-0.2, -0.15) is 0 Å². The van der Waals surface area contributed by atoms with Gasteiger partial charge < -0.3 is 4.74 Å². The Morgan fingerprint density at radius 2 is 1.82 bits per heavy atom. The van der Waals surface area contributed by atoms with Crippen molar-refractivity contribution in [1.82, 2.24) is 19.5 Å². The fourth-order valence-electron chi connectivity index (χ4n) is 2.09. The van der Waals surface area contributed by atoms with Crippen LogP contribution in [-0.2, 0) is 0 Å². The third-order valence-corrected chi connectivity index (χ3v) is 3.33. The van der Waals surface area contributed by atoms with Crippen molar-refractivity contribution in [1.29, 1.82) is 0 Å². The summed E-state index contributed by atoms with van der Waals surface area (Å²) in [5.74, 6) is -0.229. The van der Waals surface area contributed by atoms with Crippen molar-refractivity contribution in [3.8, 4) is 11.7 Å². The number of aromatic nitrogens is 4. The van der Waals surface area contributed by atoms with Gasteiger partial charge in [0.25, 0.3) is 6.43 Å². The highest BCUT2D eigenvalue weighted by atomic mass is 35.5. The Morgan fingerprint density at radius 1 is 1.14 bits per heavy atom. The van der Waals surface area contributed by atoms with Gasteiger partial charge >= 0.3 is 0 Å². The first kappa shape index (κ1) is 14.9. The van der Waals surface area contributed by atoms with E-state index in [0.717, 1.165) is 4.57 Å². The Morgan fingerprint density at radius 3 is 2.41 bits per heavy atom. The molecule has 0 unspecified atom stereocenters. The van der Waals surface area contributed by atoms with Crippen LogP contribution in [0.5, 0.6) is 5.75 Å². The second-order valence-electron chi connectivity index (χ2n) is 4.25. The van der Waals surface area contributed by atoms with Gasteiger partial charge in [0.15, 0.2) is 5.82 Å². The molecule has 0 saturated heterocycles. The predicted molar refractivity (Wildman–Crippen MR) is 78.2 cm³/mol. The fraction of sp³-hybridized carbons (Fsp3) is 0.154. The average molecular weight is 345 g/mol. The Kier molecular flexibility index (Phi) is 3.84. The Balaban J connectivity index is 2.38. The molecule has 0 amide bonds. The number of benzene rings is 1. The van der Waals surface area contributed by atoms with Crippen molar-refractivity contribution in [3.63, 3.8) is 0 Å². The van der Waals surface area contributed by atoms with Crippen LogP contribution >= 0.6 is 23.2 Å². The monoisotopic (exact) mass is 344 g/mol. The smallest absolute Gasteiger partial charge is 0.296 e. The summed E-state index contributed by atoms with van der Waals surface area (Å²) in [6.07, 6.45) is -2.83. The van der Waals surface area contributed by atoms with Crippen molar-refractivity contribution in [2.45, 2.75) is 6.43 Å². The highest BCUT2D eigenvalue weighted by Crippen LogP contribution is 2.32. The van der Waals surface area contributed by atoms with Gasteiger partial charge in [-0.05, 0) is 12.1 Å². The Labute approximate surface area is 133 Å². The zero-order valence-electron chi connectivity index (χ0n) is 11.1. The molecule has 0 fully saturated rings. The number of hydrogen-bond donors (Lipinski definition) is 0. The molecule has 1 aromatic carbocycles. The molecule has 0 aliphatic heterocycles. The van der Waals surface area contributed by atoms with Crippen molar-refractivity contribution >= 4 is 34.2 Å². The molecule has 3 rings (SSSR count). The number of halogens is 4. The van der Waals surface area contributed by atoms with Crippen LogP contribution in [0.4, 0.5) is 8.78 Å². The molecule has 2 aromatic heterocycles. The molecule has 22 heavy (non-hydrogen) atoms. The maximum absolute atomic E-state index is 13.3. The lowest BCUT2D eigenvalue weighted by Crippen LogP contribution is -2.06. The summed E-state index contributed by atoms with van der Waals surface area (Å²) in [5, 5.41) is 0.0833. The van der Waals surface area contributed by atoms with Crippen LogP contribution in [0.15, 0.2) is 24.3 Å². The minimum atomic E-state index is -2.83. The number of methoxy groups -OCH3 is 1. The van der Waals surface area contributed by atoms with E-state index in [1.54, 1.807) is 18.2 Å². The van der Waals surface area contributed by atoms with Crippen LogP contribution in [0.3, 0.4) is 0 Å². The first-order valence-electron chi connectivity index (χ1n) is 6.05. The van der Waals surface area contributed by atoms with Crippen LogP contribution in [0.1, 0.15) is 12.2 Å². The largest absolute Gasteiger partial charge is 0.494 e. The molecule has 2 heterocycles. The Hall–Kier alpha value is -1.99. The first-order chi connectivity index (χ1) is 10.5. The molecule has 114 valence electrons. The maximum atomic E-state index is 13.3. The van der Waals surface area contributed by atoms with Gasteiger partial charge in [0.2, 0.25) is 5.95 Å². The molecule has 0 atom stereocenters. The predicted octanol–water partition coefficient (Wildman–Crippen LogP) is 4.07. The van der Waals surface area contributed by atoms with Gasteiger partial charge in [-0.25, -0.2) is 23.7 Å². The van der Waals surface area contributed by atoms with Gasteiger partial charge in [-0.15, -0.1) is 0 Å². The van der Waals surface area contributed by atoms with Gasteiger partial charge in [0.05, 0.1) is 12.6 Å². The minimum absolute atomic E-state index is 0.0416. The summed E-state index contributed by atoms with van der Waals surface area (Å²) >= 11 is 11.7. The summed E-state index contributed by atoms with van der Waals surface area (Å²) in [4.78, 5) is 11.8. The number of alkyl halides is 2. The second kappa shape index (κ2) is 5.66. The van der Waals surface area contributed by atoms with Crippen LogP contribution in [0.2, 0.25) is 10.3 Å². The maximum Gasteiger partial charge on any atom is 0.296 e. The number of rotatable bonds is 3. The molecular formula is C13H8Cl2F2N4O. The molecular weight excluding hydrogens is 337 g/mol. The van der Waals surface area contributed by atoms with Crippen LogP contribution in [0.25, 0.3) is 17.0 Å². The summed E-state index contributed by atoms with van der Waals surface area (Å²) < 4.78 is 32.9. The SMILES string of the molecule is COc1cccc2c1nc(C(F)F)n2-c1nc(Cl)cc(Cl)n1. The van der Waals surface area contributed by atoms with Crippen LogP contribution in [-0.4, -0.2) is 26.6 Å². The molecule has 0 spiro atoms. The molecule has 0 aliphatic carbocycles. The van der Waals surface area contributed by atoms with Gasteiger partial charge in [0.1, 0.15) is 21.6 Å². The van der Waals surface area contributed by atoms with E-state index in [-0.39, 0.29) is 21.8 Å². The molecule has 9 heteroatoms. The van der Waals surface area contributed by atoms with Gasteiger partial charge in [-0.3, -0.25) is 4.57 Å². The molecule has 3 aromatic rings. The molecule has 0 saturated carbocycles. The van der Waals surface area contributed by atoms with E-state index in [0.29, 0.717) is 11.3 Å². The quantitative estimate of drug-likeness (QED) is 0.672. The highest BCUT2D eigenvalue weighted by molar-refractivity contribution is 6.33. The topological polar surface area (TPSA) is 52.8 Å². The lowest BCUT2D eigenvalue weighted by atomic mass is 10.3. The van der Waals surface area contributed by atoms with Crippen molar-refractivity contribution < 1.29 is 13.5 Å². The molecule has 5 nitrogen and oxygen atoms in total. The molecule has 0 aliphatic rings. The summed E-state index contributed by atoms with van der Waals surface area (Å²) in [7, 11) is 1.43. The van der Waals surface area contributed by atoms with Crippen molar-refractivity contribution in [2.75, 3.05) is 7.11 Å². The number of ether oxygens (including phenoxy) is 1. The third kappa shape index (κ3) is 2.46. The minimum Gasteiger partial charge on any atom is -0.494 e. The fourth-order valence-corrected chi connectivity index (χ4v) is 2.51. The van der Waals surface area contributed by atoms with E-state index in [1.807, 2.05) is 0 Å². The lowest BCUT2D eigenvalue weighted by molar-refractivity contribution is 0.138. The summed E-state index contributed by atoms with van der Waals surface area (Å²) in [6, 6.07) is 6.20. The van der Waals surface area contributed by atoms with Crippen molar-refractivity contribution in [2.24, 2.45) is 0 Å². The van der Waals surface area contributed by atoms with E-state index < -0.39 is 12.2 Å². The van der Waals surface area contributed by atoms with E-state index >= 15 is 0 Å². The Bertz CT molecular complexity index is 833. The van der Waals surface area contributed by atoms with Gasteiger partial charge in [0, 0.05) is 6.07 Å². The summed E-state index contributed by atoms with van der Waals surface area (Å²) in [5.41, 5.74) is 0.646. The zero-order chi connectivity index (χ0) is 15.9. The van der Waals surface area contributed by atoms with Crippen LogP contribution < -0.4 is 4.74 Å². The number of para-hydroxylation sites is 1. The number of imidazole rings is 1. The number of fused-ring (bicyclic) bond motifs is 1.